The van der Waals surface area contributed by atoms with Gasteiger partial charge in [-0.25, -0.2) is 9.59 Å². The van der Waals surface area contributed by atoms with E-state index >= 15 is 0 Å². The molecule has 0 saturated heterocycles. The summed E-state index contributed by atoms with van der Waals surface area (Å²) >= 11 is 5.79. The standard InChI is InChI=1S/C16H15ClN2O4/c1-22-14-9-10(15(20)23-2)3-8-13(14)19-16(21)18-12-6-4-11(17)5-7-12/h3-9H,1-2H3,(H2,18,19,21). The first-order valence-corrected chi connectivity index (χ1v) is 7.01. The number of carbonyl (C=O) groups is 2. The lowest BCUT2D eigenvalue weighted by molar-refractivity contribution is 0.0600. The van der Waals surface area contributed by atoms with Gasteiger partial charge in [0.15, 0.2) is 0 Å². The highest BCUT2D eigenvalue weighted by molar-refractivity contribution is 6.30. The minimum atomic E-state index is -0.486. The molecule has 0 atom stereocenters. The van der Waals surface area contributed by atoms with Crippen LogP contribution in [0.1, 0.15) is 10.4 Å². The number of benzene rings is 2. The van der Waals surface area contributed by atoms with Crippen molar-refractivity contribution in [1.29, 1.82) is 0 Å². The summed E-state index contributed by atoms with van der Waals surface area (Å²) in [5.41, 5.74) is 1.34. The van der Waals surface area contributed by atoms with Crippen LogP contribution in [-0.4, -0.2) is 26.2 Å². The molecular weight excluding hydrogens is 320 g/mol. The Balaban J connectivity index is 2.10. The molecule has 2 aromatic carbocycles. The molecular formula is C16H15ClN2O4. The Hall–Kier alpha value is -2.73. The number of esters is 1. The van der Waals surface area contributed by atoms with Crippen LogP contribution in [0, 0.1) is 0 Å². The third-order valence-electron chi connectivity index (χ3n) is 2.97. The van der Waals surface area contributed by atoms with Gasteiger partial charge in [-0.2, -0.15) is 0 Å². The second-order valence-corrected chi connectivity index (χ2v) is 4.93. The van der Waals surface area contributed by atoms with E-state index in [4.69, 9.17) is 16.3 Å². The van der Waals surface area contributed by atoms with E-state index in [1.807, 2.05) is 0 Å². The number of methoxy groups -OCH3 is 2. The third-order valence-corrected chi connectivity index (χ3v) is 3.22. The second-order valence-electron chi connectivity index (χ2n) is 4.49. The fraction of sp³-hybridized carbons (Fsp3) is 0.125. The summed E-state index contributed by atoms with van der Waals surface area (Å²) in [6.07, 6.45) is 0. The summed E-state index contributed by atoms with van der Waals surface area (Å²) in [7, 11) is 2.74. The van der Waals surface area contributed by atoms with Gasteiger partial charge in [0.2, 0.25) is 0 Å². The number of urea groups is 1. The predicted molar refractivity (Wildman–Crippen MR) is 88.4 cm³/mol. The Morgan fingerprint density at radius 3 is 2.30 bits per heavy atom. The van der Waals surface area contributed by atoms with Crippen molar-refractivity contribution in [2.75, 3.05) is 24.9 Å². The molecule has 6 nitrogen and oxygen atoms in total. The molecule has 0 bridgehead atoms. The maximum Gasteiger partial charge on any atom is 0.337 e. The van der Waals surface area contributed by atoms with Crippen molar-refractivity contribution < 1.29 is 19.1 Å². The van der Waals surface area contributed by atoms with E-state index in [0.29, 0.717) is 27.7 Å². The van der Waals surface area contributed by atoms with Gasteiger partial charge in [-0.15, -0.1) is 0 Å². The van der Waals surface area contributed by atoms with E-state index in [2.05, 4.69) is 15.4 Å². The topological polar surface area (TPSA) is 76.7 Å². The molecule has 0 heterocycles. The molecule has 0 aliphatic carbocycles. The van der Waals surface area contributed by atoms with Crippen LogP contribution in [0.2, 0.25) is 5.02 Å². The Morgan fingerprint density at radius 2 is 1.70 bits per heavy atom. The fourth-order valence-electron chi connectivity index (χ4n) is 1.86. The zero-order chi connectivity index (χ0) is 16.8. The van der Waals surface area contributed by atoms with Crippen LogP contribution in [0.15, 0.2) is 42.5 Å². The molecule has 2 amide bonds. The van der Waals surface area contributed by atoms with Gasteiger partial charge in [0, 0.05) is 10.7 Å². The molecule has 0 radical (unpaired) electrons. The third kappa shape index (κ3) is 4.37. The number of anilines is 2. The lowest BCUT2D eigenvalue weighted by Gasteiger charge is -2.12. The predicted octanol–water partition coefficient (Wildman–Crippen LogP) is 3.78. The minimum Gasteiger partial charge on any atom is -0.495 e. The molecule has 0 unspecified atom stereocenters. The molecule has 0 saturated carbocycles. The van der Waals surface area contributed by atoms with Gasteiger partial charge >= 0.3 is 12.0 Å². The Kier molecular flexibility index (Phi) is 5.43. The van der Waals surface area contributed by atoms with Gasteiger partial charge < -0.3 is 20.1 Å². The molecule has 2 aromatic rings. The van der Waals surface area contributed by atoms with E-state index < -0.39 is 12.0 Å². The number of nitrogens with one attached hydrogen (secondary N) is 2. The highest BCUT2D eigenvalue weighted by atomic mass is 35.5. The van der Waals surface area contributed by atoms with Gasteiger partial charge in [0.25, 0.3) is 0 Å². The van der Waals surface area contributed by atoms with Crippen molar-refractivity contribution in [1.82, 2.24) is 0 Å². The number of ether oxygens (including phenoxy) is 2. The summed E-state index contributed by atoms with van der Waals surface area (Å²) in [4.78, 5) is 23.5. The molecule has 23 heavy (non-hydrogen) atoms. The van der Waals surface area contributed by atoms with E-state index in [0.717, 1.165) is 0 Å². The quantitative estimate of drug-likeness (QED) is 0.834. The number of hydrogen-bond acceptors (Lipinski definition) is 4. The van der Waals surface area contributed by atoms with E-state index in [1.54, 1.807) is 30.3 Å². The lowest BCUT2D eigenvalue weighted by atomic mass is 10.2. The average molecular weight is 335 g/mol. The first-order valence-electron chi connectivity index (χ1n) is 6.63. The normalized spacial score (nSPS) is 9.87. The van der Waals surface area contributed by atoms with Crippen molar-refractivity contribution in [3.8, 4) is 5.75 Å². The summed E-state index contributed by atoms with van der Waals surface area (Å²) < 4.78 is 9.82. The number of rotatable bonds is 4. The smallest absolute Gasteiger partial charge is 0.337 e. The monoisotopic (exact) mass is 334 g/mol. The van der Waals surface area contributed by atoms with Crippen LogP contribution >= 0.6 is 11.6 Å². The first kappa shape index (κ1) is 16.6. The van der Waals surface area contributed by atoms with E-state index in [-0.39, 0.29) is 0 Å². The number of amides is 2. The van der Waals surface area contributed by atoms with Gasteiger partial charge in [0.05, 0.1) is 25.5 Å². The van der Waals surface area contributed by atoms with Gasteiger partial charge in [0.1, 0.15) is 5.75 Å². The zero-order valence-corrected chi connectivity index (χ0v) is 13.3. The SMILES string of the molecule is COC(=O)c1ccc(NC(=O)Nc2ccc(Cl)cc2)c(OC)c1. The lowest BCUT2D eigenvalue weighted by Crippen LogP contribution is -2.20. The summed E-state index contributed by atoms with van der Waals surface area (Å²) in [6, 6.07) is 10.8. The van der Waals surface area contributed by atoms with Crippen molar-refractivity contribution >= 4 is 35.0 Å². The van der Waals surface area contributed by atoms with Crippen molar-refractivity contribution in [3.63, 3.8) is 0 Å². The van der Waals surface area contributed by atoms with Crippen LogP contribution in [0.4, 0.5) is 16.2 Å². The van der Waals surface area contributed by atoms with Crippen LogP contribution < -0.4 is 15.4 Å². The molecule has 0 aromatic heterocycles. The molecule has 0 spiro atoms. The van der Waals surface area contributed by atoms with Crippen LogP contribution in [0.25, 0.3) is 0 Å². The molecule has 2 rings (SSSR count). The average Bonchev–Trinajstić information content (AvgIpc) is 2.56. The summed E-state index contributed by atoms with van der Waals surface area (Å²) in [6.45, 7) is 0. The van der Waals surface area contributed by atoms with Crippen molar-refractivity contribution in [2.24, 2.45) is 0 Å². The van der Waals surface area contributed by atoms with Crippen molar-refractivity contribution in [3.05, 3.63) is 53.1 Å². The highest BCUT2D eigenvalue weighted by Crippen LogP contribution is 2.26. The number of carbonyl (C=O) groups excluding carboxylic acids is 2. The second kappa shape index (κ2) is 7.51. The zero-order valence-electron chi connectivity index (χ0n) is 12.6. The summed E-state index contributed by atoms with van der Waals surface area (Å²) in [5.74, 6) is -0.139. The molecule has 0 aliphatic rings. The first-order chi connectivity index (χ1) is 11.0. The fourth-order valence-corrected chi connectivity index (χ4v) is 1.98. The Morgan fingerprint density at radius 1 is 1.00 bits per heavy atom. The molecule has 120 valence electrons. The van der Waals surface area contributed by atoms with Crippen LogP contribution in [0.3, 0.4) is 0 Å². The van der Waals surface area contributed by atoms with Crippen LogP contribution in [0.5, 0.6) is 5.75 Å². The molecule has 0 fully saturated rings. The largest absolute Gasteiger partial charge is 0.495 e. The maximum atomic E-state index is 12.0. The minimum absolute atomic E-state index is 0.327. The van der Waals surface area contributed by atoms with E-state index in [9.17, 15) is 9.59 Å². The van der Waals surface area contributed by atoms with E-state index in [1.165, 1.54) is 26.4 Å². The summed E-state index contributed by atoms with van der Waals surface area (Å²) in [5, 5.41) is 5.89. The van der Waals surface area contributed by atoms with Gasteiger partial charge in [-0.1, -0.05) is 11.6 Å². The Labute approximate surface area is 138 Å². The maximum absolute atomic E-state index is 12.0. The van der Waals surface area contributed by atoms with Gasteiger partial charge in [-0.05, 0) is 42.5 Å². The number of hydrogen-bond donors (Lipinski definition) is 2. The van der Waals surface area contributed by atoms with Gasteiger partial charge in [-0.3, -0.25) is 0 Å². The highest BCUT2D eigenvalue weighted by Gasteiger charge is 2.12. The van der Waals surface area contributed by atoms with Crippen LogP contribution in [-0.2, 0) is 4.74 Å². The molecule has 0 aliphatic heterocycles. The Bertz CT molecular complexity index is 717. The number of halogens is 1. The van der Waals surface area contributed by atoms with Crippen molar-refractivity contribution in [2.45, 2.75) is 0 Å². The molecule has 2 N–H and O–H groups in total. The molecule has 7 heteroatoms.